The molecule has 0 aromatic rings. The fourth-order valence-electron chi connectivity index (χ4n) is 8.90. The second kappa shape index (κ2) is 54.2. The summed E-state index contributed by atoms with van der Waals surface area (Å²) in [6, 6.07) is 0. The molecule has 450 valence electrons. The van der Waals surface area contributed by atoms with Gasteiger partial charge in [0.15, 0.2) is 24.6 Å². The predicted octanol–water partition coefficient (Wildman–Crippen LogP) is 16.5. The Balaban J connectivity index is 2.69. The Hall–Kier alpha value is -4.36. The van der Waals surface area contributed by atoms with Crippen molar-refractivity contribution in [3.8, 4) is 0 Å². The Morgan fingerprint density at radius 3 is 1.22 bits per heavy atom. The zero-order valence-electron chi connectivity index (χ0n) is 49.6. The van der Waals surface area contributed by atoms with Crippen molar-refractivity contribution in [3.05, 3.63) is 97.2 Å². The molecule has 1 aliphatic rings. The molecule has 0 bridgehead atoms. The van der Waals surface area contributed by atoms with Gasteiger partial charge in [-0.1, -0.05) is 214 Å². The number of hydrogen-bond acceptors (Lipinski definition) is 11. The third-order valence-corrected chi connectivity index (χ3v) is 13.6. The van der Waals surface area contributed by atoms with Crippen LogP contribution < -0.4 is 0 Å². The first-order valence-electron chi connectivity index (χ1n) is 31.2. The van der Waals surface area contributed by atoms with Crippen LogP contribution in [0.25, 0.3) is 0 Å². The maximum absolute atomic E-state index is 13.2. The Morgan fingerprint density at radius 1 is 0.430 bits per heavy atom. The van der Waals surface area contributed by atoms with Gasteiger partial charge in [-0.2, -0.15) is 0 Å². The first-order valence-corrected chi connectivity index (χ1v) is 31.2. The number of unbranched alkanes of at least 4 members (excludes halogenated alkanes) is 22. The molecule has 12 nitrogen and oxygen atoms in total. The Labute approximate surface area is 479 Å². The fourth-order valence-corrected chi connectivity index (χ4v) is 8.90. The second-order valence-electron chi connectivity index (χ2n) is 20.9. The highest BCUT2D eigenvalue weighted by molar-refractivity contribution is 5.74. The minimum absolute atomic E-state index is 0.0424. The summed E-state index contributed by atoms with van der Waals surface area (Å²) >= 11 is 0. The zero-order chi connectivity index (χ0) is 57.5. The monoisotopic (exact) mass is 1110 g/mol. The SMILES string of the molecule is CC/C=C\C/C=C\C/C=C\CCCCCCCCCC(=O)OC1C(OCC(COC(=O)CCCCCCCCC/C=C\C/C=C\CCCCC)OC(=O)CCCCCCC/C=C\C/C=C\C/C=C\CC)OC(C(=O)O)C(O)C1O. The van der Waals surface area contributed by atoms with Crippen molar-refractivity contribution in [2.24, 2.45) is 0 Å². The molecule has 0 aliphatic carbocycles. The number of carbonyl (C=O) groups excluding carboxylic acids is 3. The largest absolute Gasteiger partial charge is 0.479 e. The third kappa shape index (κ3) is 44.0. The smallest absolute Gasteiger partial charge is 0.335 e. The number of carboxylic acid groups (broad SMARTS) is 1. The van der Waals surface area contributed by atoms with Gasteiger partial charge in [0.2, 0.25) is 0 Å². The third-order valence-electron chi connectivity index (χ3n) is 13.6. The van der Waals surface area contributed by atoms with Crippen LogP contribution in [0.4, 0.5) is 0 Å². The van der Waals surface area contributed by atoms with Crippen molar-refractivity contribution >= 4 is 23.9 Å². The second-order valence-corrected chi connectivity index (χ2v) is 20.9. The van der Waals surface area contributed by atoms with Gasteiger partial charge in [-0.3, -0.25) is 14.4 Å². The average molecular weight is 1110 g/mol. The number of aliphatic hydroxyl groups is 2. The molecule has 0 aromatic heterocycles. The van der Waals surface area contributed by atoms with E-state index in [1.54, 1.807) is 0 Å². The van der Waals surface area contributed by atoms with Crippen molar-refractivity contribution < 1.29 is 58.2 Å². The van der Waals surface area contributed by atoms with E-state index < -0.39 is 67.3 Å². The van der Waals surface area contributed by atoms with Gasteiger partial charge >= 0.3 is 23.9 Å². The predicted molar refractivity (Wildman–Crippen MR) is 321 cm³/mol. The van der Waals surface area contributed by atoms with Gasteiger partial charge in [0, 0.05) is 19.3 Å². The maximum atomic E-state index is 13.2. The minimum atomic E-state index is -1.92. The number of aliphatic hydroxyl groups excluding tert-OH is 2. The van der Waals surface area contributed by atoms with Gasteiger partial charge in [0.1, 0.15) is 18.8 Å². The summed E-state index contributed by atoms with van der Waals surface area (Å²) in [4.78, 5) is 51.3. The van der Waals surface area contributed by atoms with E-state index in [1.807, 2.05) is 0 Å². The number of aliphatic carboxylic acids is 1. The molecule has 0 saturated carbocycles. The van der Waals surface area contributed by atoms with Crippen LogP contribution in [-0.4, -0.2) is 89.2 Å². The molecular weight excluding hydrogens is 997 g/mol. The van der Waals surface area contributed by atoms with E-state index in [1.165, 1.54) is 38.5 Å². The lowest BCUT2D eigenvalue weighted by atomic mass is 9.98. The standard InChI is InChI=1S/C67H110O12/c1-4-7-10-13-16-19-22-25-28-30-33-35-38-41-44-47-50-53-59(68)75-56-58(77-60(69)54-51-48-45-42-39-36-32-27-24-21-18-15-12-9-6-3)57-76-67-65(63(72)62(71)64(79-67)66(73)74)78-61(70)55-52-49-46-43-40-37-34-31-29-26-23-20-17-14-11-8-5-2/h8-9,11-12,16-21,25-29,32,58,62-65,67,71-72H,4-7,10,13-15,22-24,30-31,33-57H2,1-3H3,(H,73,74)/b11-8-,12-9-,19-16-,20-17-,21-18-,28-25-,29-26-,32-27-. The van der Waals surface area contributed by atoms with Crippen LogP contribution in [0.3, 0.4) is 0 Å². The van der Waals surface area contributed by atoms with Crippen LogP contribution in [0.15, 0.2) is 97.2 Å². The topological polar surface area (TPSA) is 175 Å². The molecule has 1 fully saturated rings. The lowest BCUT2D eigenvalue weighted by Gasteiger charge is -2.40. The Bertz CT molecular complexity index is 1740. The van der Waals surface area contributed by atoms with E-state index in [4.69, 9.17) is 23.7 Å². The summed E-state index contributed by atoms with van der Waals surface area (Å²) < 4.78 is 28.5. The van der Waals surface area contributed by atoms with Crippen LogP contribution in [0.1, 0.15) is 252 Å². The van der Waals surface area contributed by atoms with Crippen molar-refractivity contribution in [1.82, 2.24) is 0 Å². The molecule has 1 rings (SSSR count). The van der Waals surface area contributed by atoms with E-state index in [-0.39, 0.29) is 25.9 Å². The number of carboxylic acids is 1. The molecule has 0 radical (unpaired) electrons. The highest BCUT2D eigenvalue weighted by Crippen LogP contribution is 2.26. The number of allylic oxidation sites excluding steroid dienone is 16. The minimum Gasteiger partial charge on any atom is -0.479 e. The van der Waals surface area contributed by atoms with Crippen molar-refractivity contribution in [1.29, 1.82) is 0 Å². The van der Waals surface area contributed by atoms with E-state index in [2.05, 4.69) is 118 Å². The highest BCUT2D eigenvalue weighted by atomic mass is 16.7. The number of hydrogen-bond donors (Lipinski definition) is 3. The van der Waals surface area contributed by atoms with Gasteiger partial charge < -0.3 is 39.0 Å². The number of rotatable bonds is 52. The summed E-state index contributed by atoms with van der Waals surface area (Å²) in [5.74, 6) is -3.17. The molecule has 6 unspecified atom stereocenters. The molecule has 0 amide bonds. The molecule has 12 heteroatoms. The van der Waals surface area contributed by atoms with Gasteiger partial charge in [-0.15, -0.1) is 0 Å². The van der Waals surface area contributed by atoms with Crippen molar-refractivity contribution in [2.75, 3.05) is 13.2 Å². The first kappa shape index (κ1) is 72.7. The maximum Gasteiger partial charge on any atom is 0.335 e. The average Bonchev–Trinajstić information content (AvgIpc) is 3.43. The van der Waals surface area contributed by atoms with Crippen LogP contribution in [0.5, 0.6) is 0 Å². The molecule has 3 N–H and O–H groups in total. The van der Waals surface area contributed by atoms with Gasteiger partial charge in [-0.05, 0) is 116 Å². The lowest BCUT2D eigenvalue weighted by molar-refractivity contribution is -0.301. The van der Waals surface area contributed by atoms with Gasteiger partial charge in [-0.25, -0.2) is 4.79 Å². The van der Waals surface area contributed by atoms with Crippen molar-refractivity contribution in [2.45, 2.75) is 289 Å². The molecule has 79 heavy (non-hydrogen) atoms. The summed E-state index contributed by atoms with van der Waals surface area (Å²) in [6.45, 7) is 5.73. The van der Waals surface area contributed by atoms with Gasteiger partial charge in [0.25, 0.3) is 0 Å². The first-order chi connectivity index (χ1) is 38.6. The quantitative estimate of drug-likeness (QED) is 0.0228. The van der Waals surface area contributed by atoms with E-state index in [0.29, 0.717) is 19.3 Å². The molecule has 0 spiro atoms. The van der Waals surface area contributed by atoms with Crippen LogP contribution in [0.2, 0.25) is 0 Å². The van der Waals surface area contributed by atoms with Crippen molar-refractivity contribution in [3.63, 3.8) is 0 Å². The summed E-state index contributed by atoms with van der Waals surface area (Å²) in [5.41, 5.74) is 0. The van der Waals surface area contributed by atoms with Crippen LogP contribution in [-0.2, 0) is 42.9 Å². The highest BCUT2D eigenvalue weighted by Gasteiger charge is 2.50. The fraction of sp³-hybridized carbons (Fsp3) is 0.701. The van der Waals surface area contributed by atoms with Crippen LogP contribution in [0, 0.1) is 0 Å². The van der Waals surface area contributed by atoms with Crippen LogP contribution >= 0.6 is 0 Å². The van der Waals surface area contributed by atoms with Gasteiger partial charge in [0.05, 0.1) is 6.61 Å². The lowest BCUT2D eigenvalue weighted by Crippen LogP contribution is -2.61. The number of ether oxygens (including phenoxy) is 5. The summed E-state index contributed by atoms with van der Waals surface area (Å²) in [7, 11) is 0. The molecule has 0 aromatic carbocycles. The van der Waals surface area contributed by atoms with E-state index in [9.17, 15) is 34.5 Å². The Morgan fingerprint density at radius 2 is 0.797 bits per heavy atom. The molecule has 1 heterocycles. The molecule has 6 atom stereocenters. The normalized spacial score (nSPS) is 18.5. The number of carbonyl (C=O) groups is 4. The Kier molecular flexibility index (Phi) is 49.9. The van der Waals surface area contributed by atoms with E-state index >= 15 is 0 Å². The molecular formula is C67H110O12. The molecule has 1 aliphatic heterocycles. The molecule has 1 saturated heterocycles. The zero-order valence-corrected chi connectivity index (χ0v) is 49.6. The summed E-state index contributed by atoms with van der Waals surface area (Å²) in [5, 5.41) is 31.6. The van der Waals surface area contributed by atoms with E-state index in [0.717, 1.165) is 154 Å². The summed E-state index contributed by atoms with van der Waals surface area (Å²) in [6.07, 6.45) is 59.3. The number of esters is 3.